The van der Waals surface area contributed by atoms with Crippen LogP contribution in [0.25, 0.3) is 0 Å². The summed E-state index contributed by atoms with van der Waals surface area (Å²) in [6.45, 7) is 0.219. The second-order valence-electron chi connectivity index (χ2n) is 3.36. The predicted molar refractivity (Wildman–Crippen MR) is 58.5 cm³/mol. The fraction of sp³-hybridized carbons (Fsp3) is 0.556. The molecular formula is C9H14N4O4. The monoisotopic (exact) mass is 243 g/mol. The summed E-state index contributed by atoms with van der Waals surface area (Å²) in [5.74, 6) is -1.79. The lowest BCUT2D eigenvalue weighted by atomic mass is 10.2. The van der Waals surface area contributed by atoms with Crippen molar-refractivity contribution in [1.82, 2.24) is 15.9 Å². The van der Waals surface area contributed by atoms with Gasteiger partial charge in [-0.1, -0.05) is 0 Å². The SMILES string of the molecule is [2H]N(CC(=O)N[C@H](C=O)CC(=O)O)C1N=CCN1. The molecule has 17 heavy (non-hydrogen) atoms. The Morgan fingerprint density at radius 3 is 3.06 bits per heavy atom. The molecule has 1 heterocycles. The van der Waals surface area contributed by atoms with Crippen molar-refractivity contribution >= 4 is 24.4 Å². The van der Waals surface area contributed by atoms with Crippen molar-refractivity contribution in [1.29, 1.82) is 0 Å². The van der Waals surface area contributed by atoms with Crippen LogP contribution >= 0.6 is 0 Å². The Morgan fingerprint density at radius 1 is 1.76 bits per heavy atom. The molecule has 0 fully saturated rings. The molecule has 1 amide bonds. The molecule has 1 unspecified atom stereocenters. The molecule has 8 heteroatoms. The number of nitrogens with one attached hydrogen (secondary N) is 3. The summed E-state index contributed by atoms with van der Waals surface area (Å²) in [7, 11) is 0. The molecule has 0 aromatic carbocycles. The first-order chi connectivity index (χ1) is 8.52. The maximum atomic E-state index is 11.5. The number of aliphatic imine (C=N–C) groups is 1. The Labute approximate surface area is 98.9 Å². The lowest BCUT2D eigenvalue weighted by Gasteiger charge is -2.13. The summed E-state index contributed by atoms with van der Waals surface area (Å²) in [4.78, 5) is 36.3. The molecule has 0 aliphatic carbocycles. The molecule has 8 nitrogen and oxygen atoms in total. The second-order valence-corrected chi connectivity index (χ2v) is 3.36. The van der Waals surface area contributed by atoms with E-state index in [2.05, 4.69) is 15.6 Å². The summed E-state index contributed by atoms with van der Waals surface area (Å²) in [6, 6.07) is -1.08. The number of nitrogens with zero attached hydrogens (tertiary/aromatic N) is 1. The highest BCUT2D eigenvalue weighted by atomic mass is 16.4. The van der Waals surface area contributed by atoms with Gasteiger partial charge in [-0.05, 0) is 0 Å². The fourth-order valence-electron chi connectivity index (χ4n) is 1.22. The summed E-state index contributed by atoms with van der Waals surface area (Å²) in [5, 5.41) is 14.5. The maximum Gasteiger partial charge on any atom is 0.305 e. The quantitative estimate of drug-likeness (QED) is 0.373. The van der Waals surface area contributed by atoms with E-state index in [0.717, 1.165) is 5.31 Å². The van der Waals surface area contributed by atoms with Crippen molar-refractivity contribution in [3.63, 3.8) is 0 Å². The van der Waals surface area contributed by atoms with Gasteiger partial charge in [-0.25, -0.2) is 0 Å². The summed E-state index contributed by atoms with van der Waals surface area (Å²) < 4.78 is 7.53. The smallest absolute Gasteiger partial charge is 0.305 e. The van der Waals surface area contributed by atoms with Crippen LogP contribution in [0.2, 0.25) is 1.41 Å². The van der Waals surface area contributed by atoms with Crippen molar-refractivity contribution in [3.05, 3.63) is 0 Å². The van der Waals surface area contributed by atoms with Crippen LogP contribution in [0.3, 0.4) is 0 Å². The van der Waals surface area contributed by atoms with E-state index in [-0.39, 0.29) is 6.54 Å². The highest BCUT2D eigenvalue weighted by Crippen LogP contribution is 1.89. The normalized spacial score (nSPS) is 21.0. The molecule has 2 atom stereocenters. The zero-order valence-electron chi connectivity index (χ0n) is 10.00. The Kier molecular flexibility index (Phi) is 4.61. The van der Waals surface area contributed by atoms with E-state index >= 15 is 0 Å². The summed E-state index contributed by atoms with van der Waals surface area (Å²) >= 11 is 0. The number of carboxylic acid groups (broad SMARTS) is 1. The number of hydrogen-bond donors (Lipinski definition) is 4. The first-order valence-corrected chi connectivity index (χ1v) is 5.00. The molecule has 4 N–H and O–H groups in total. The van der Waals surface area contributed by atoms with E-state index in [9.17, 15) is 14.4 Å². The predicted octanol–water partition coefficient (Wildman–Crippen LogP) is -2.31. The number of carboxylic acids is 1. The standard InChI is InChI=1S/C9H14N4O4/c14-5-6(3-8(16)17)13-7(15)4-12-9-10-1-2-11-9/h1,5-6,9,11-12H,2-4H2,(H,13,15)(H,16,17)/t6-,9?/m0/s1/i/hD. The average molecular weight is 243 g/mol. The second kappa shape index (κ2) is 6.71. The third kappa shape index (κ3) is 5.18. The van der Waals surface area contributed by atoms with Gasteiger partial charge in [-0.3, -0.25) is 25.2 Å². The van der Waals surface area contributed by atoms with Gasteiger partial charge < -0.3 is 15.2 Å². The van der Waals surface area contributed by atoms with E-state index in [0.29, 0.717) is 12.8 Å². The molecule has 0 bridgehead atoms. The number of amides is 1. The fourth-order valence-corrected chi connectivity index (χ4v) is 1.22. The van der Waals surface area contributed by atoms with E-state index in [4.69, 9.17) is 6.52 Å². The van der Waals surface area contributed by atoms with Gasteiger partial charge in [0, 0.05) is 12.8 Å². The highest BCUT2D eigenvalue weighted by Gasteiger charge is 2.16. The van der Waals surface area contributed by atoms with Gasteiger partial charge in [0.05, 0.1) is 19.0 Å². The van der Waals surface area contributed by atoms with Gasteiger partial charge >= 0.3 is 5.97 Å². The lowest BCUT2D eigenvalue weighted by Crippen LogP contribution is -2.46. The zero-order chi connectivity index (χ0) is 13.5. The average Bonchev–Trinajstić information content (AvgIpc) is 2.80. The molecule has 0 radical (unpaired) electrons. The number of carbonyl (C=O) groups excluding carboxylic acids is 2. The van der Waals surface area contributed by atoms with E-state index in [1.54, 1.807) is 6.21 Å². The van der Waals surface area contributed by atoms with E-state index in [1.165, 1.54) is 0 Å². The van der Waals surface area contributed by atoms with Gasteiger partial charge in [0.15, 0.2) is 6.29 Å². The molecule has 1 aliphatic rings. The molecule has 0 aromatic rings. The Hall–Kier alpha value is -1.80. The maximum absolute atomic E-state index is 11.5. The van der Waals surface area contributed by atoms with Crippen molar-refractivity contribution in [2.24, 2.45) is 4.99 Å². The summed E-state index contributed by atoms with van der Waals surface area (Å²) in [6.07, 6.45) is 0.868. The number of aliphatic carboxylic acids is 1. The third-order valence-electron chi connectivity index (χ3n) is 1.95. The summed E-state index contributed by atoms with van der Waals surface area (Å²) in [5.41, 5.74) is 0. The highest BCUT2D eigenvalue weighted by molar-refractivity contribution is 5.83. The third-order valence-corrected chi connectivity index (χ3v) is 1.95. The Balaban J connectivity index is 2.37. The minimum atomic E-state index is -1.18. The van der Waals surface area contributed by atoms with E-state index < -0.39 is 30.6 Å². The Morgan fingerprint density at radius 2 is 2.53 bits per heavy atom. The van der Waals surface area contributed by atoms with Crippen molar-refractivity contribution in [2.45, 2.75) is 18.8 Å². The minimum Gasteiger partial charge on any atom is -0.481 e. The molecule has 1 aliphatic heterocycles. The molecular weight excluding hydrogens is 228 g/mol. The van der Waals surface area contributed by atoms with E-state index in [1.807, 2.05) is 0 Å². The van der Waals surface area contributed by atoms with Gasteiger partial charge in [-0.15, -0.1) is 0 Å². The first-order valence-electron chi connectivity index (χ1n) is 5.44. The van der Waals surface area contributed by atoms with Crippen LogP contribution in [-0.2, 0) is 14.4 Å². The van der Waals surface area contributed by atoms with Crippen LogP contribution in [0.5, 0.6) is 0 Å². The van der Waals surface area contributed by atoms with Gasteiger partial charge in [0.1, 0.15) is 7.70 Å². The molecule has 1 rings (SSSR count). The number of rotatable bonds is 7. The van der Waals surface area contributed by atoms with Gasteiger partial charge in [0.2, 0.25) is 5.91 Å². The molecule has 0 spiro atoms. The van der Waals surface area contributed by atoms with Crippen LogP contribution in [0.15, 0.2) is 4.99 Å². The largest absolute Gasteiger partial charge is 0.481 e. The minimum absolute atomic E-state index is 0.307. The van der Waals surface area contributed by atoms with Crippen LogP contribution < -0.4 is 15.9 Å². The zero-order valence-corrected chi connectivity index (χ0v) is 9.00. The van der Waals surface area contributed by atoms with Gasteiger partial charge in [-0.2, -0.15) is 0 Å². The topological polar surface area (TPSA) is 120 Å². The van der Waals surface area contributed by atoms with Crippen LogP contribution in [0.4, 0.5) is 0 Å². The van der Waals surface area contributed by atoms with Crippen LogP contribution in [0.1, 0.15) is 6.42 Å². The molecule has 0 aromatic heterocycles. The number of hydrogen-bond acceptors (Lipinski definition) is 6. The number of aldehydes is 1. The molecule has 94 valence electrons. The van der Waals surface area contributed by atoms with Crippen molar-refractivity contribution in [3.8, 4) is 0 Å². The van der Waals surface area contributed by atoms with Crippen LogP contribution in [-0.4, -0.2) is 54.9 Å². The van der Waals surface area contributed by atoms with Crippen molar-refractivity contribution in [2.75, 3.05) is 13.1 Å². The lowest BCUT2D eigenvalue weighted by molar-refractivity contribution is -0.138. The molecule has 0 saturated carbocycles. The van der Waals surface area contributed by atoms with Crippen LogP contribution in [0, 0.1) is 0 Å². The molecule has 0 saturated heterocycles. The Bertz CT molecular complexity index is 362. The number of carbonyl (C=O) groups is 3. The van der Waals surface area contributed by atoms with Crippen molar-refractivity contribution < 1.29 is 20.9 Å². The van der Waals surface area contributed by atoms with Gasteiger partial charge in [0.25, 0.3) is 0 Å². The first kappa shape index (κ1) is 11.7.